The lowest BCUT2D eigenvalue weighted by molar-refractivity contribution is -0.136. The summed E-state index contributed by atoms with van der Waals surface area (Å²) in [5, 5.41) is 16.9. The molecule has 0 aliphatic heterocycles. The number of carbonyl (C=O) groups is 1. The molecule has 0 amide bonds. The normalized spacial score (nSPS) is 10.0. The number of carboxylic acid groups (broad SMARTS) is 1. The van der Waals surface area contributed by atoms with Crippen molar-refractivity contribution in [3.8, 4) is 0 Å². The van der Waals surface area contributed by atoms with Crippen LogP contribution in [0.2, 0.25) is 0 Å². The highest BCUT2D eigenvalue weighted by Crippen LogP contribution is 2.10. The molecule has 0 saturated carbocycles. The molecule has 1 aromatic rings. The van der Waals surface area contributed by atoms with E-state index in [1.165, 1.54) is 57.8 Å². The van der Waals surface area contributed by atoms with Gasteiger partial charge in [-0.1, -0.05) is 95.0 Å². The molecule has 0 aliphatic carbocycles. The third-order valence-electron chi connectivity index (χ3n) is 3.71. The Bertz CT molecular complexity index is 352. The van der Waals surface area contributed by atoms with E-state index in [0.29, 0.717) is 6.61 Å². The van der Waals surface area contributed by atoms with Crippen molar-refractivity contribution >= 4 is 5.97 Å². The number of aliphatic hydroxyl groups excluding tert-OH is 1. The average molecular weight is 322 g/mol. The van der Waals surface area contributed by atoms with Crippen LogP contribution in [0.1, 0.15) is 76.7 Å². The van der Waals surface area contributed by atoms with E-state index in [4.69, 9.17) is 10.2 Å². The molecule has 0 bridgehead atoms. The molecule has 0 radical (unpaired) electrons. The fourth-order valence-corrected chi connectivity index (χ4v) is 2.37. The quantitative estimate of drug-likeness (QED) is 0.519. The van der Waals surface area contributed by atoms with Crippen molar-refractivity contribution in [3.05, 3.63) is 35.9 Å². The van der Waals surface area contributed by atoms with Crippen LogP contribution in [0.25, 0.3) is 0 Å². The van der Waals surface area contributed by atoms with Crippen molar-refractivity contribution in [2.24, 2.45) is 0 Å². The Morgan fingerprint density at radius 2 is 1.30 bits per heavy atom. The van der Waals surface area contributed by atoms with Gasteiger partial charge in [-0.05, 0) is 12.0 Å². The first-order valence-electron chi connectivity index (χ1n) is 9.07. The van der Waals surface area contributed by atoms with E-state index in [0.717, 1.165) is 12.0 Å². The van der Waals surface area contributed by atoms with Gasteiger partial charge in [-0.3, -0.25) is 4.79 Å². The van der Waals surface area contributed by atoms with E-state index in [1.807, 2.05) is 18.2 Å². The van der Waals surface area contributed by atoms with E-state index in [2.05, 4.69) is 6.92 Å². The molecule has 3 heteroatoms. The number of carboxylic acids is 1. The van der Waals surface area contributed by atoms with Crippen molar-refractivity contribution in [1.29, 1.82) is 0 Å². The second-order valence-corrected chi connectivity index (χ2v) is 5.96. The summed E-state index contributed by atoms with van der Waals surface area (Å²) in [6.07, 6.45) is 13.4. The number of unbranched alkanes of at least 4 members (excludes halogenated alkanes) is 9. The van der Waals surface area contributed by atoms with E-state index in [1.54, 1.807) is 12.1 Å². The number of hydrogen-bond donors (Lipinski definition) is 2. The van der Waals surface area contributed by atoms with Gasteiger partial charge in [-0.25, -0.2) is 0 Å². The van der Waals surface area contributed by atoms with Crippen LogP contribution in [0.4, 0.5) is 0 Å². The molecule has 0 aromatic heterocycles. The summed E-state index contributed by atoms with van der Waals surface area (Å²) >= 11 is 0. The Labute approximate surface area is 141 Å². The standard InChI is InChI=1S/C12H26O.C8H8O2/c1-2-3-4-5-6-7-8-9-10-11-12-13;9-8(10)6-7-4-2-1-3-5-7/h13H,2-12H2,1H3;1-5H,6H2,(H,9,10). The molecule has 0 saturated heterocycles. The molecule has 0 aliphatic rings. The Balaban J connectivity index is 0.000000433. The van der Waals surface area contributed by atoms with Crippen molar-refractivity contribution in [2.75, 3.05) is 6.61 Å². The lowest BCUT2D eigenvalue weighted by Crippen LogP contribution is -1.98. The molecule has 0 atom stereocenters. The third kappa shape index (κ3) is 16.8. The zero-order valence-corrected chi connectivity index (χ0v) is 14.7. The summed E-state index contributed by atoms with van der Waals surface area (Å²) in [7, 11) is 0. The Morgan fingerprint density at radius 1 is 0.826 bits per heavy atom. The van der Waals surface area contributed by atoms with Crippen molar-refractivity contribution in [3.63, 3.8) is 0 Å². The predicted octanol–water partition coefficient (Wildman–Crippen LogP) is 5.21. The maximum Gasteiger partial charge on any atom is 0.307 e. The van der Waals surface area contributed by atoms with E-state index >= 15 is 0 Å². The van der Waals surface area contributed by atoms with Crippen LogP contribution in [-0.4, -0.2) is 22.8 Å². The van der Waals surface area contributed by atoms with Gasteiger partial charge in [-0.2, -0.15) is 0 Å². The maximum absolute atomic E-state index is 10.2. The molecule has 1 rings (SSSR count). The molecule has 0 unspecified atom stereocenters. The first-order chi connectivity index (χ1) is 11.2. The number of aliphatic hydroxyl groups is 1. The van der Waals surface area contributed by atoms with Gasteiger partial charge in [-0.15, -0.1) is 0 Å². The molecular formula is C20H34O3. The highest BCUT2D eigenvalue weighted by atomic mass is 16.4. The van der Waals surface area contributed by atoms with E-state index < -0.39 is 5.97 Å². The van der Waals surface area contributed by atoms with E-state index in [9.17, 15) is 4.79 Å². The average Bonchev–Trinajstić information content (AvgIpc) is 2.54. The molecule has 0 spiro atoms. The smallest absolute Gasteiger partial charge is 0.307 e. The second kappa shape index (κ2) is 17.0. The fraction of sp³-hybridized carbons (Fsp3) is 0.650. The molecule has 3 nitrogen and oxygen atoms in total. The molecular weight excluding hydrogens is 288 g/mol. The fourth-order valence-electron chi connectivity index (χ4n) is 2.37. The van der Waals surface area contributed by atoms with Gasteiger partial charge >= 0.3 is 5.97 Å². The van der Waals surface area contributed by atoms with Crippen LogP contribution in [-0.2, 0) is 11.2 Å². The lowest BCUT2D eigenvalue weighted by Gasteiger charge is -2.00. The van der Waals surface area contributed by atoms with Gasteiger partial charge in [0.1, 0.15) is 0 Å². The lowest BCUT2D eigenvalue weighted by atomic mass is 10.1. The van der Waals surface area contributed by atoms with E-state index in [-0.39, 0.29) is 6.42 Å². The van der Waals surface area contributed by atoms with Crippen LogP contribution in [0, 0.1) is 0 Å². The topological polar surface area (TPSA) is 57.5 Å². The number of rotatable bonds is 12. The minimum Gasteiger partial charge on any atom is -0.481 e. The first-order valence-corrected chi connectivity index (χ1v) is 9.07. The molecule has 0 heterocycles. The van der Waals surface area contributed by atoms with Gasteiger partial charge < -0.3 is 10.2 Å². The molecule has 132 valence electrons. The van der Waals surface area contributed by atoms with Gasteiger partial charge in [0.25, 0.3) is 0 Å². The summed E-state index contributed by atoms with van der Waals surface area (Å²) < 4.78 is 0. The van der Waals surface area contributed by atoms with Crippen LogP contribution in [0.15, 0.2) is 30.3 Å². The number of aliphatic carboxylic acids is 1. The predicted molar refractivity (Wildman–Crippen MR) is 96.7 cm³/mol. The zero-order valence-electron chi connectivity index (χ0n) is 14.7. The van der Waals surface area contributed by atoms with Crippen molar-refractivity contribution in [1.82, 2.24) is 0 Å². The van der Waals surface area contributed by atoms with Crippen LogP contribution in [0.5, 0.6) is 0 Å². The monoisotopic (exact) mass is 322 g/mol. The highest BCUT2D eigenvalue weighted by Gasteiger charge is 1.96. The largest absolute Gasteiger partial charge is 0.481 e. The first kappa shape index (κ1) is 21.6. The van der Waals surface area contributed by atoms with Gasteiger partial charge in [0.15, 0.2) is 0 Å². The minimum absolute atomic E-state index is 0.112. The number of hydrogen-bond acceptors (Lipinski definition) is 2. The third-order valence-corrected chi connectivity index (χ3v) is 3.71. The summed E-state index contributed by atoms with van der Waals surface area (Å²) in [4.78, 5) is 10.2. The Hall–Kier alpha value is -1.35. The van der Waals surface area contributed by atoms with Crippen molar-refractivity contribution < 1.29 is 15.0 Å². The second-order valence-electron chi connectivity index (χ2n) is 5.96. The molecule has 2 N–H and O–H groups in total. The summed E-state index contributed by atoms with van der Waals surface area (Å²) in [5.41, 5.74) is 0.843. The summed E-state index contributed by atoms with van der Waals surface area (Å²) in [6.45, 7) is 2.63. The van der Waals surface area contributed by atoms with Gasteiger partial charge in [0.05, 0.1) is 6.42 Å². The maximum atomic E-state index is 10.2. The Kier molecular flexibility index (Phi) is 16.0. The number of benzene rings is 1. The van der Waals surface area contributed by atoms with Gasteiger partial charge in [0, 0.05) is 6.61 Å². The molecule has 1 aromatic carbocycles. The minimum atomic E-state index is -0.786. The summed E-state index contributed by atoms with van der Waals surface area (Å²) in [6, 6.07) is 9.13. The summed E-state index contributed by atoms with van der Waals surface area (Å²) in [5.74, 6) is -0.786. The SMILES string of the molecule is CCCCCCCCCCCCO.O=C(O)Cc1ccccc1. The molecule has 23 heavy (non-hydrogen) atoms. The van der Waals surface area contributed by atoms with Crippen molar-refractivity contribution in [2.45, 2.75) is 77.6 Å². The Morgan fingerprint density at radius 3 is 1.74 bits per heavy atom. The van der Waals surface area contributed by atoms with Crippen LogP contribution < -0.4 is 0 Å². The molecule has 0 fully saturated rings. The zero-order chi connectivity index (χ0) is 17.2. The highest BCUT2D eigenvalue weighted by molar-refractivity contribution is 5.70. The van der Waals surface area contributed by atoms with Crippen LogP contribution >= 0.6 is 0 Å². The van der Waals surface area contributed by atoms with Crippen LogP contribution in [0.3, 0.4) is 0 Å². The van der Waals surface area contributed by atoms with Gasteiger partial charge in [0.2, 0.25) is 0 Å².